The van der Waals surface area contributed by atoms with Crippen molar-refractivity contribution in [2.45, 2.75) is 52.6 Å². The predicted molar refractivity (Wildman–Crippen MR) is 95.5 cm³/mol. The van der Waals surface area contributed by atoms with Crippen molar-refractivity contribution >= 4 is 11.6 Å². The summed E-state index contributed by atoms with van der Waals surface area (Å²) in [7, 11) is 0. The zero-order valence-electron chi connectivity index (χ0n) is 14.9. The number of nitrogens with one attached hydrogen (secondary N) is 1. The second-order valence-corrected chi connectivity index (χ2v) is 6.82. The largest absolute Gasteiger partial charge is 0.350 e. The number of aryl methyl sites for hydroxylation is 2. The maximum absolute atomic E-state index is 12.3. The number of rotatable bonds is 3. The molecule has 4 rings (SSSR count). The number of pyridine rings is 1. The van der Waals surface area contributed by atoms with E-state index in [9.17, 15) is 4.79 Å². The maximum atomic E-state index is 12.3. The first-order valence-electron chi connectivity index (χ1n) is 8.85. The molecule has 0 spiro atoms. The Morgan fingerprint density at radius 1 is 1.36 bits per heavy atom. The van der Waals surface area contributed by atoms with Crippen LogP contribution in [0.5, 0.6) is 0 Å². The fourth-order valence-corrected chi connectivity index (χ4v) is 3.75. The van der Waals surface area contributed by atoms with Crippen molar-refractivity contribution in [3.8, 4) is 0 Å². The maximum Gasteiger partial charge on any atom is 0.221 e. The molecule has 0 unspecified atom stereocenters. The Hall–Kier alpha value is -2.63. The Bertz CT molecular complexity index is 952. The molecule has 0 aromatic carbocycles. The van der Waals surface area contributed by atoms with Gasteiger partial charge in [-0.1, -0.05) is 6.92 Å². The SMILES string of the molecule is CCCn1ncc([C@@H]2CC(=O)NCc3nc4cc(C)ccn4c32)c1C. The molecule has 0 bridgehead atoms. The Morgan fingerprint density at radius 2 is 2.20 bits per heavy atom. The first kappa shape index (κ1) is 15.9. The second kappa shape index (κ2) is 6.02. The highest BCUT2D eigenvalue weighted by molar-refractivity contribution is 5.78. The number of hydrogen-bond donors (Lipinski definition) is 1. The van der Waals surface area contributed by atoms with Crippen molar-refractivity contribution in [1.82, 2.24) is 24.5 Å². The molecule has 0 fully saturated rings. The smallest absolute Gasteiger partial charge is 0.221 e. The lowest BCUT2D eigenvalue weighted by atomic mass is 9.92. The summed E-state index contributed by atoms with van der Waals surface area (Å²) in [5.41, 5.74) is 6.42. The molecule has 130 valence electrons. The van der Waals surface area contributed by atoms with Crippen LogP contribution in [0.25, 0.3) is 5.65 Å². The van der Waals surface area contributed by atoms with Gasteiger partial charge in [0.2, 0.25) is 5.91 Å². The molecule has 3 aromatic heterocycles. The predicted octanol–water partition coefficient (Wildman–Crippen LogP) is 2.71. The minimum absolute atomic E-state index is 0.0270. The van der Waals surface area contributed by atoms with Crippen LogP contribution in [0.1, 0.15) is 53.9 Å². The minimum Gasteiger partial charge on any atom is -0.350 e. The lowest BCUT2D eigenvalue weighted by molar-refractivity contribution is -0.121. The molecule has 1 aliphatic rings. The summed E-state index contributed by atoms with van der Waals surface area (Å²) >= 11 is 0. The zero-order chi connectivity index (χ0) is 17.6. The fourth-order valence-electron chi connectivity index (χ4n) is 3.75. The number of hydrogen-bond acceptors (Lipinski definition) is 3. The molecule has 1 aliphatic heterocycles. The third-order valence-electron chi connectivity index (χ3n) is 5.02. The van der Waals surface area contributed by atoms with Crippen molar-refractivity contribution in [1.29, 1.82) is 0 Å². The van der Waals surface area contributed by atoms with Crippen LogP contribution < -0.4 is 5.32 Å². The van der Waals surface area contributed by atoms with E-state index in [2.05, 4.69) is 53.9 Å². The average molecular weight is 337 g/mol. The van der Waals surface area contributed by atoms with E-state index in [1.54, 1.807) is 0 Å². The third-order valence-corrected chi connectivity index (χ3v) is 5.02. The minimum atomic E-state index is -0.0270. The highest BCUT2D eigenvalue weighted by atomic mass is 16.1. The van der Waals surface area contributed by atoms with E-state index in [-0.39, 0.29) is 11.8 Å². The highest BCUT2D eigenvalue weighted by Gasteiger charge is 2.31. The van der Waals surface area contributed by atoms with Gasteiger partial charge in [0.05, 0.1) is 24.1 Å². The van der Waals surface area contributed by atoms with Crippen LogP contribution in [0.3, 0.4) is 0 Å². The van der Waals surface area contributed by atoms with Crippen LogP contribution in [-0.2, 0) is 17.9 Å². The van der Waals surface area contributed by atoms with Crippen molar-refractivity contribution < 1.29 is 4.79 Å². The number of nitrogens with zero attached hydrogens (tertiary/aromatic N) is 4. The number of fused-ring (bicyclic) bond motifs is 3. The lowest BCUT2D eigenvalue weighted by Crippen LogP contribution is -2.21. The van der Waals surface area contributed by atoms with Gasteiger partial charge in [0.25, 0.3) is 0 Å². The first-order chi connectivity index (χ1) is 12.1. The van der Waals surface area contributed by atoms with E-state index < -0.39 is 0 Å². The van der Waals surface area contributed by atoms with Crippen molar-refractivity contribution in [3.05, 3.63) is 52.7 Å². The summed E-state index contributed by atoms with van der Waals surface area (Å²) < 4.78 is 4.16. The molecule has 0 saturated carbocycles. The quantitative estimate of drug-likeness (QED) is 0.799. The van der Waals surface area contributed by atoms with Gasteiger partial charge in [-0.2, -0.15) is 5.10 Å². The van der Waals surface area contributed by atoms with Crippen molar-refractivity contribution in [2.24, 2.45) is 0 Å². The molecule has 1 amide bonds. The molecule has 1 atom stereocenters. The van der Waals surface area contributed by atoms with E-state index in [1.165, 1.54) is 5.56 Å². The number of carbonyl (C=O) groups is 1. The number of aromatic nitrogens is 4. The molecule has 0 aliphatic carbocycles. The van der Waals surface area contributed by atoms with Gasteiger partial charge in [-0.05, 0) is 38.0 Å². The molecule has 6 nitrogen and oxygen atoms in total. The highest BCUT2D eigenvalue weighted by Crippen LogP contribution is 2.34. The summed E-state index contributed by atoms with van der Waals surface area (Å²) in [5, 5.41) is 7.53. The standard InChI is InChI=1S/C19H23N5O/c1-4-6-24-13(3)15(10-21-24)14-9-18(25)20-11-16-19(14)23-7-5-12(2)8-17(23)22-16/h5,7-8,10,14H,4,6,9,11H2,1-3H3,(H,20,25)/t14-/m0/s1. The molecule has 1 N–H and O–H groups in total. The van der Waals surface area contributed by atoms with Crippen molar-refractivity contribution in [3.63, 3.8) is 0 Å². The van der Waals surface area contributed by atoms with Gasteiger partial charge in [-0.3, -0.25) is 9.48 Å². The molecule has 25 heavy (non-hydrogen) atoms. The molecule has 0 saturated heterocycles. The summed E-state index contributed by atoms with van der Waals surface area (Å²) in [6.45, 7) is 7.67. The molecule has 0 radical (unpaired) electrons. The molecule has 4 heterocycles. The topological polar surface area (TPSA) is 64.2 Å². The van der Waals surface area contributed by atoms with E-state index >= 15 is 0 Å². The van der Waals surface area contributed by atoms with E-state index in [0.717, 1.165) is 41.3 Å². The fraction of sp³-hybridized carbons (Fsp3) is 0.421. The Balaban J connectivity index is 1.90. The van der Waals surface area contributed by atoms with Gasteiger partial charge in [0, 0.05) is 36.3 Å². The van der Waals surface area contributed by atoms with Crippen LogP contribution in [-0.4, -0.2) is 25.1 Å². The Labute approximate surface area is 146 Å². The van der Waals surface area contributed by atoms with Gasteiger partial charge in [-0.15, -0.1) is 0 Å². The van der Waals surface area contributed by atoms with Gasteiger partial charge < -0.3 is 9.72 Å². The molecular weight excluding hydrogens is 314 g/mol. The van der Waals surface area contributed by atoms with Crippen LogP contribution in [0.4, 0.5) is 0 Å². The molecule has 3 aromatic rings. The van der Waals surface area contributed by atoms with Gasteiger partial charge >= 0.3 is 0 Å². The van der Waals surface area contributed by atoms with Gasteiger partial charge in [0.1, 0.15) is 5.65 Å². The first-order valence-corrected chi connectivity index (χ1v) is 8.85. The summed E-state index contributed by atoms with van der Waals surface area (Å²) in [6, 6.07) is 4.17. The lowest BCUT2D eigenvalue weighted by Gasteiger charge is -2.15. The second-order valence-electron chi connectivity index (χ2n) is 6.82. The molecular formula is C19H23N5O. The van der Waals surface area contributed by atoms with Crippen LogP contribution in [0.2, 0.25) is 0 Å². The van der Waals surface area contributed by atoms with Gasteiger partial charge in [-0.25, -0.2) is 4.98 Å². The normalized spacial score (nSPS) is 17.4. The average Bonchev–Trinajstić information content (AvgIpc) is 3.07. The van der Waals surface area contributed by atoms with Crippen LogP contribution in [0.15, 0.2) is 24.5 Å². The monoisotopic (exact) mass is 337 g/mol. The number of imidazole rings is 1. The van der Waals surface area contributed by atoms with E-state index in [1.807, 2.05) is 10.9 Å². The van der Waals surface area contributed by atoms with Crippen LogP contribution >= 0.6 is 0 Å². The van der Waals surface area contributed by atoms with Crippen molar-refractivity contribution in [2.75, 3.05) is 0 Å². The third kappa shape index (κ3) is 2.62. The van der Waals surface area contributed by atoms with Crippen LogP contribution in [0, 0.1) is 13.8 Å². The summed E-state index contributed by atoms with van der Waals surface area (Å²) in [4.78, 5) is 17.1. The Kier molecular flexibility index (Phi) is 3.82. The van der Waals surface area contributed by atoms with Gasteiger partial charge in [0.15, 0.2) is 0 Å². The van der Waals surface area contributed by atoms with E-state index in [4.69, 9.17) is 4.98 Å². The summed E-state index contributed by atoms with van der Waals surface area (Å²) in [6.07, 6.45) is 5.44. The molecule has 6 heteroatoms. The number of carbonyl (C=O) groups excluding carboxylic acids is 1. The number of amides is 1. The zero-order valence-corrected chi connectivity index (χ0v) is 14.9. The Morgan fingerprint density at radius 3 is 3.00 bits per heavy atom. The summed E-state index contributed by atoms with van der Waals surface area (Å²) in [5.74, 6) is 0.0346. The van der Waals surface area contributed by atoms with E-state index in [0.29, 0.717) is 13.0 Å².